The Labute approximate surface area is 138 Å². The smallest absolute Gasteiger partial charge is 0.406 e. The highest BCUT2D eigenvalue weighted by Crippen LogP contribution is 2.35. The van der Waals surface area contributed by atoms with E-state index in [9.17, 15) is 17.6 Å². The minimum atomic E-state index is -4.73. The molecule has 0 heterocycles. The number of ether oxygens (including phenoxy) is 1. The van der Waals surface area contributed by atoms with E-state index in [1.165, 1.54) is 24.3 Å². The van der Waals surface area contributed by atoms with Gasteiger partial charge in [-0.1, -0.05) is 37.6 Å². The van der Waals surface area contributed by atoms with Gasteiger partial charge in [0.15, 0.2) is 0 Å². The second kappa shape index (κ2) is 6.46. The van der Waals surface area contributed by atoms with Gasteiger partial charge in [-0.3, -0.25) is 0 Å². The van der Waals surface area contributed by atoms with Crippen LogP contribution in [0.3, 0.4) is 0 Å². The van der Waals surface area contributed by atoms with Gasteiger partial charge in [-0.05, 0) is 54.0 Å². The first-order chi connectivity index (χ1) is 11.4. The zero-order valence-corrected chi connectivity index (χ0v) is 13.3. The van der Waals surface area contributed by atoms with Crippen LogP contribution in [0.25, 0.3) is 11.1 Å². The van der Waals surface area contributed by atoms with Crippen molar-refractivity contribution in [3.8, 4) is 16.9 Å². The summed E-state index contributed by atoms with van der Waals surface area (Å²) in [5.74, 6) is 0.0310. The average Bonchev–Trinajstić information content (AvgIpc) is 2.54. The number of halogens is 4. The molecule has 5 heteroatoms. The first kappa shape index (κ1) is 16.8. The third-order valence-corrected chi connectivity index (χ3v) is 4.63. The molecular formula is C19H18F4O. The lowest BCUT2D eigenvalue weighted by molar-refractivity contribution is -0.274. The first-order valence-corrected chi connectivity index (χ1v) is 8.04. The topological polar surface area (TPSA) is 9.23 Å². The Morgan fingerprint density at radius 1 is 1.08 bits per heavy atom. The van der Waals surface area contributed by atoms with E-state index in [1.54, 1.807) is 6.07 Å². The fraction of sp³-hybridized carbons (Fsp3) is 0.368. The Morgan fingerprint density at radius 2 is 1.79 bits per heavy atom. The van der Waals surface area contributed by atoms with Crippen LogP contribution >= 0.6 is 0 Å². The molecule has 24 heavy (non-hydrogen) atoms. The van der Waals surface area contributed by atoms with Crippen molar-refractivity contribution < 1.29 is 22.3 Å². The van der Waals surface area contributed by atoms with E-state index in [0.29, 0.717) is 23.5 Å². The van der Waals surface area contributed by atoms with E-state index >= 15 is 0 Å². The van der Waals surface area contributed by atoms with Crippen LogP contribution in [0.2, 0.25) is 0 Å². The minimum Gasteiger partial charge on any atom is -0.406 e. The van der Waals surface area contributed by atoms with Crippen molar-refractivity contribution in [3.63, 3.8) is 0 Å². The molecule has 1 aliphatic carbocycles. The van der Waals surface area contributed by atoms with Gasteiger partial charge >= 0.3 is 6.36 Å². The van der Waals surface area contributed by atoms with Gasteiger partial charge in [0.1, 0.15) is 11.6 Å². The molecule has 0 amide bonds. The van der Waals surface area contributed by atoms with E-state index in [-0.39, 0.29) is 11.6 Å². The maximum atomic E-state index is 14.8. The number of rotatable bonds is 3. The monoisotopic (exact) mass is 338 g/mol. The lowest BCUT2D eigenvalue weighted by Gasteiger charge is -2.25. The van der Waals surface area contributed by atoms with E-state index in [2.05, 4.69) is 11.7 Å². The third kappa shape index (κ3) is 3.55. The van der Waals surface area contributed by atoms with Crippen LogP contribution in [-0.2, 0) is 12.8 Å². The highest BCUT2D eigenvalue weighted by molar-refractivity contribution is 5.66. The molecule has 0 bridgehead atoms. The lowest BCUT2D eigenvalue weighted by atomic mass is 9.81. The molecule has 0 spiro atoms. The second-order valence-corrected chi connectivity index (χ2v) is 6.15. The second-order valence-electron chi connectivity index (χ2n) is 6.15. The molecule has 2 aromatic carbocycles. The summed E-state index contributed by atoms with van der Waals surface area (Å²) in [7, 11) is 0. The summed E-state index contributed by atoms with van der Waals surface area (Å²) in [4.78, 5) is 0. The van der Waals surface area contributed by atoms with Gasteiger partial charge in [-0.25, -0.2) is 4.39 Å². The molecule has 0 saturated carbocycles. The molecule has 1 unspecified atom stereocenters. The highest BCUT2D eigenvalue weighted by atomic mass is 19.4. The van der Waals surface area contributed by atoms with Crippen LogP contribution in [0.1, 0.15) is 30.9 Å². The molecule has 0 fully saturated rings. The van der Waals surface area contributed by atoms with E-state index in [1.807, 2.05) is 6.07 Å². The zero-order chi connectivity index (χ0) is 17.3. The first-order valence-electron chi connectivity index (χ1n) is 8.04. The summed E-state index contributed by atoms with van der Waals surface area (Å²) < 4.78 is 55.3. The van der Waals surface area contributed by atoms with Gasteiger partial charge in [0.05, 0.1) is 0 Å². The molecule has 0 saturated heterocycles. The van der Waals surface area contributed by atoms with Crippen molar-refractivity contribution in [2.75, 3.05) is 0 Å². The number of benzene rings is 2. The fourth-order valence-electron chi connectivity index (χ4n) is 3.29. The molecular weight excluding hydrogens is 320 g/mol. The summed E-state index contributed by atoms with van der Waals surface area (Å²) >= 11 is 0. The molecule has 1 aliphatic rings. The number of hydrogen-bond acceptors (Lipinski definition) is 1. The van der Waals surface area contributed by atoms with E-state index < -0.39 is 6.36 Å². The van der Waals surface area contributed by atoms with Gasteiger partial charge in [-0.2, -0.15) is 0 Å². The summed E-state index contributed by atoms with van der Waals surface area (Å²) in [5, 5.41) is 0. The van der Waals surface area contributed by atoms with Crippen molar-refractivity contribution in [1.82, 2.24) is 0 Å². The fourth-order valence-corrected chi connectivity index (χ4v) is 3.29. The van der Waals surface area contributed by atoms with Crippen LogP contribution in [0.4, 0.5) is 17.6 Å². The Hall–Kier alpha value is -2.04. The summed E-state index contributed by atoms with van der Waals surface area (Å²) in [5.41, 5.74) is 2.75. The summed E-state index contributed by atoms with van der Waals surface area (Å²) in [6.45, 7) is 2.14. The highest BCUT2D eigenvalue weighted by Gasteiger charge is 2.31. The van der Waals surface area contributed by atoms with Crippen molar-refractivity contribution in [3.05, 3.63) is 53.3 Å². The van der Waals surface area contributed by atoms with Crippen molar-refractivity contribution in [1.29, 1.82) is 0 Å². The molecule has 0 aliphatic heterocycles. The summed E-state index contributed by atoms with van der Waals surface area (Å²) in [6.07, 6.45) is -1.07. The van der Waals surface area contributed by atoms with Crippen molar-refractivity contribution >= 4 is 0 Å². The standard InChI is InChI=1S/C19H18F4O/c1-2-12-3-9-17-14(11-12)6-10-16(18(17)20)13-4-7-15(8-5-13)24-19(21,22)23/h4-8,10,12H,2-3,9,11H2,1H3. The third-order valence-electron chi connectivity index (χ3n) is 4.63. The Balaban J connectivity index is 1.88. The van der Waals surface area contributed by atoms with Crippen LogP contribution in [0, 0.1) is 11.7 Å². The minimum absolute atomic E-state index is 0.258. The maximum Gasteiger partial charge on any atom is 0.573 e. The molecule has 0 radical (unpaired) electrons. The Bertz CT molecular complexity index is 719. The molecule has 128 valence electrons. The van der Waals surface area contributed by atoms with Crippen molar-refractivity contribution in [2.45, 2.75) is 39.0 Å². The molecule has 1 nitrogen and oxygen atoms in total. The quantitative estimate of drug-likeness (QED) is 0.633. The molecule has 3 rings (SSSR count). The number of hydrogen-bond donors (Lipinski definition) is 0. The molecule has 0 N–H and O–H groups in total. The van der Waals surface area contributed by atoms with Gasteiger partial charge in [-0.15, -0.1) is 13.2 Å². The summed E-state index contributed by atoms with van der Waals surface area (Å²) in [6, 6.07) is 8.96. The molecule has 0 aromatic heterocycles. The van der Waals surface area contributed by atoms with Gasteiger partial charge < -0.3 is 4.74 Å². The van der Waals surface area contributed by atoms with Crippen LogP contribution < -0.4 is 4.74 Å². The van der Waals surface area contributed by atoms with E-state index in [0.717, 1.165) is 30.4 Å². The van der Waals surface area contributed by atoms with Gasteiger partial charge in [0.25, 0.3) is 0 Å². The van der Waals surface area contributed by atoms with Crippen molar-refractivity contribution in [2.24, 2.45) is 5.92 Å². The zero-order valence-electron chi connectivity index (χ0n) is 13.3. The number of fused-ring (bicyclic) bond motifs is 1. The maximum absolute atomic E-state index is 14.8. The Morgan fingerprint density at radius 3 is 2.42 bits per heavy atom. The lowest BCUT2D eigenvalue weighted by Crippen LogP contribution is -2.17. The predicted molar refractivity (Wildman–Crippen MR) is 84.3 cm³/mol. The van der Waals surface area contributed by atoms with Crippen LogP contribution in [-0.4, -0.2) is 6.36 Å². The Kier molecular flexibility index (Phi) is 4.52. The van der Waals surface area contributed by atoms with Gasteiger partial charge in [0, 0.05) is 5.56 Å². The van der Waals surface area contributed by atoms with Crippen LogP contribution in [0.5, 0.6) is 5.75 Å². The number of alkyl halides is 3. The van der Waals surface area contributed by atoms with Crippen LogP contribution in [0.15, 0.2) is 36.4 Å². The predicted octanol–water partition coefficient (Wildman–Crippen LogP) is 5.91. The SMILES string of the molecule is CCC1CCc2c(ccc(-c3ccc(OC(F)(F)F)cc3)c2F)C1. The average molecular weight is 338 g/mol. The molecule has 2 aromatic rings. The van der Waals surface area contributed by atoms with E-state index in [4.69, 9.17) is 0 Å². The van der Waals surface area contributed by atoms with Gasteiger partial charge in [0.2, 0.25) is 0 Å². The molecule has 1 atom stereocenters. The largest absolute Gasteiger partial charge is 0.573 e. The normalized spacial score (nSPS) is 17.5.